The molecule has 1 aliphatic rings. The van der Waals surface area contributed by atoms with Crippen molar-refractivity contribution in [2.45, 2.75) is 45.6 Å². The maximum Gasteiger partial charge on any atom is 0.122 e. The Hall–Kier alpha value is -1.06. The van der Waals surface area contributed by atoms with Gasteiger partial charge in [0.25, 0.3) is 0 Å². The van der Waals surface area contributed by atoms with Gasteiger partial charge in [0, 0.05) is 26.1 Å². The van der Waals surface area contributed by atoms with Crippen molar-refractivity contribution in [3.8, 4) is 5.75 Å². The quantitative estimate of drug-likeness (QED) is 0.905. The normalized spacial score (nSPS) is 19.0. The molecule has 0 aliphatic carbocycles. The van der Waals surface area contributed by atoms with Gasteiger partial charge in [-0.1, -0.05) is 31.5 Å². The van der Waals surface area contributed by atoms with Crippen LogP contribution in [-0.2, 0) is 6.42 Å². The van der Waals surface area contributed by atoms with Gasteiger partial charge < -0.3 is 14.7 Å². The van der Waals surface area contributed by atoms with Gasteiger partial charge in [-0.3, -0.25) is 0 Å². The first-order valence-corrected chi connectivity index (χ1v) is 8.00. The van der Waals surface area contributed by atoms with Crippen LogP contribution in [0.1, 0.15) is 37.8 Å². The Balaban J connectivity index is 2.01. The number of hydrogen-bond acceptors (Lipinski definition) is 3. The van der Waals surface area contributed by atoms with Crippen molar-refractivity contribution in [2.24, 2.45) is 5.92 Å². The van der Waals surface area contributed by atoms with E-state index in [0.717, 1.165) is 43.8 Å². The molecule has 0 atom stereocenters. The van der Waals surface area contributed by atoms with Crippen molar-refractivity contribution >= 4 is 0 Å². The fourth-order valence-corrected chi connectivity index (χ4v) is 3.25. The van der Waals surface area contributed by atoms with Crippen LogP contribution in [0.15, 0.2) is 18.2 Å². The number of ether oxygens (including phenoxy) is 1. The van der Waals surface area contributed by atoms with Gasteiger partial charge in [-0.25, -0.2) is 0 Å². The smallest absolute Gasteiger partial charge is 0.122 e. The van der Waals surface area contributed by atoms with Gasteiger partial charge in [-0.05, 0) is 37.3 Å². The largest absolute Gasteiger partial charge is 0.496 e. The third-order valence-corrected chi connectivity index (χ3v) is 4.37. The molecular weight excluding hydrogens is 262 g/mol. The van der Waals surface area contributed by atoms with Gasteiger partial charge in [0.2, 0.25) is 0 Å². The van der Waals surface area contributed by atoms with Crippen molar-refractivity contribution < 1.29 is 9.84 Å². The van der Waals surface area contributed by atoms with Crippen molar-refractivity contribution in [1.29, 1.82) is 0 Å². The molecule has 0 bridgehead atoms. The highest BCUT2D eigenvalue weighted by atomic mass is 16.5. The Morgan fingerprint density at radius 1 is 1.29 bits per heavy atom. The van der Waals surface area contributed by atoms with E-state index in [-0.39, 0.29) is 0 Å². The highest BCUT2D eigenvalue weighted by molar-refractivity contribution is 5.38. The predicted octanol–water partition coefficient (Wildman–Crippen LogP) is 3.03. The summed E-state index contributed by atoms with van der Waals surface area (Å²) < 4.78 is 5.44. The van der Waals surface area contributed by atoms with Gasteiger partial charge in [-0.2, -0.15) is 0 Å². The number of hydrogen-bond donors (Lipinski definition) is 1. The molecule has 0 amide bonds. The van der Waals surface area contributed by atoms with Crippen LogP contribution in [0.5, 0.6) is 5.75 Å². The lowest BCUT2D eigenvalue weighted by atomic mass is 9.84. The predicted molar refractivity (Wildman–Crippen MR) is 86.9 cm³/mol. The van der Waals surface area contributed by atoms with Gasteiger partial charge in [0.05, 0.1) is 12.7 Å². The number of likely N-dealkylation sites (tertiary alicyclic amines) is 1. The lowest BCUT2D eigenvalue weighted by molar-refractivity contribution is -0.0230. The first kappa shape index (κ1) is 16.3. The molecule has 1 aromatic rings. The molecule has 21 heavy (non-hydrogen) atoms. The number of nitrogens with zero attached hydrogens (tertiary/aromatic N) is 1. The summed E-state index contributed by atoms with van der Waals surface area (Å²) in [6.07, 6.45) is 2.38. The summed E-state index contributed by atoms with van der Waals surface area (Å²) in [6.45, 7) is 9.69. The Labute approximate surface area is 128 Å². The van der Waals surface area contributed by atoms with Crippen molar-refractivity contribution in [2.75, 3.05) is 26.7 Å². The molecule has 0 spiro atoms. The Morgan fingerprint density at radius 3 is 2.52 bits per heavy atom. The highest BCUT2D eigenvalue weighted by Gasteiger charge is 2.33. The number of aryl methyl sites for hydroxylation is 1. The van der Waals surface area contributed by atoms with E-state index in [0.29, 0.717) is 12.3 Å². The van der Waals surface area contributed by atoms with Crippen molar-refractivity contribution in [1.82, 2.24) is 4.90 Å². The van der Waals surface area contributed by atoms with Crippen molar-refractivity contribution in [3.63, 3.8) is 0 Å². The maximum absolute atomic E-state index is 10.9. The van der Waals surface area contributed by atoms with E-state index < -0.39 is 5.60 Å². The van der Waals surface area contributed by atoms with Gasteiger partial charge in [-0.15, -0.1) is 0 Å². The summed E-state index contributed by atoms with van der Waals surface area (Å²) in [4.78, 5) is 2.46. The molecular formula is C18H29NO2. The highest BCUT2D eigenvalue weighted by Crippen LogP contribution is 2.31. The molecule has 1 saturated heterocycles. The average molecular weight is 291 g/mol. The van der Waals surface area contributed by atoms with Crippen LogP contribution < -0.4 is 4.74 Å². The lowest BCUT2D eigenvalue weighted by Gasteiger charge is -2.39. The van der Waals surface area contributed by atoms with Gasteiger partial charge in [0.1, 0.15) is 5.75 Å². The SMILES string of the molecule is COc1ccc(C)cc1CC1(O)CCN(CC(C)C)CC1. The fraction of sp³-hybridized carbons (Fsp3) is 0.667. The van der Waals surface area contributed by atoms with Crippen LogP contribution in [0.2, 0.25) is 0 Å². The zero-order valence-corrected chi connectivity index (χ0v) is 13.9. The molecule has 1 fully saturated rings. The number of piperidine rings is 1. The molecule has 0 saturated carbocycles. The van der Waals surface area contributed by atoms with E-state index >= 15 is 0 Å². The first-order chi connectivity index (χ1) is 9.92. The van der Waals surface area contributed by atoms with E-state index in [9.17, 15) is 5.11 Å². The third-order valence-electron chi connectivity index (χ3n) is 4.37. The topological polar surface area (TPSA) is 32.7 Å². The zero-order chi connectivity index (χ0) is 15.5. The maximum atomic E-state index is 10.9. The molecule has 3 heteroatoms. The van der Waals surface area contributed by atoms with Crippen molar-refractivity contribution in [3.05, 3.63) is 29.3 Å². The number of aliphatic hydroxyl groups is 1. The summed E-state index contributed by atoms with van der Waals surface area (Å²) in [6, 6.07) is 6.19. The molecule has 1 aliphatic heterocycles. The standard InChI is InChI=1S/C18H29NO2/c1-14(2)13-19-9-7-18(20,8-10-19)12-16-11-15(3)5-6-17(16)21-4/h5-6,11,14,20H,7-10,12-13H2,1-4H3. The molecule has 0 aromatic heterocycles. The van der Waals surface area contributed by atoms with Crippen LogP contribution in [-0.4, -0.2) is 42.4 Å². The summed E-state index contributed by atoms with van der Waals surface area (Å²) in [5, 5.41) is 10.9. The number of rotatable bonds is 5. The molecule has 1 N–H and O–H groups in total. The van der Waals surface area contributed by atoms with E-state index in [1.54, 1.807) is 7.11 Å². The van der Waals surface area contributed by atoms with E-state index in [2.05, 4.69) is 37.8 Å². The molecule has 3 nitrogen and oxygen atoms in total. The van der Waals surface area contributed by atoms with Crippen LogP contribution >= 0.6 is 0 Å². The average Bonchev–Trinajstić information content (AvgIpc) is 2.41. The first-order valence-electron chi connectivity index (χ1n) is 8.00. The number of benzene rings is 1. The molecule has 1 heterocycles. The third kappa shape index (κ3) is 4.45. The Kier molecular flexibility index (Phi) is 5.28. The van der Waals surface area contributed by atoms with Crippen LogP contribution in [0.4, 0.5) is 0 Å². The lowest BCUT2D eigenvalue weighted by Crippen LogP contribution is -2.46. The van der Waals surface area contributed by atoms with Gasteiger partial charge >= 0.3 is 0 Å². The molecule has 2 rings (SSSR count). The summed E-state index contributed by atoms with van der Waals surface area (Å²) in [5.41, 5.74) is 1.75. The van der Waals surface area contributed by atoms with E-state index in [1.165, 1.54) is 5.56 Å². The minimum atomic E-state index is -0.589. The van der Waals surface area contributed by atoms with Crippen LogP contribution in [0.3, 0.4) is 0 Å². The Morgan fingerprint density at radius 2 is 1.95 bits per heavy atom. The summed E-state index contributed by atoms with van der Waals surface area (Å²) in [7, 11) is 1.70. The monoisotopic (exact) mass is 291 g/mol. The molecule has 1 aromatic carbocycles. The molecule has 0 unspecified atom stereocenters. The van der Waals surface area contributed by atoms with Crippen LogP contribution in [0.25, 0.3) is 0 Å². The summed E-state index contributed by atoms with van der Waals surface area (Å²) >= 11 is 0. The minimum absolute atomic E-state index is 0.589. The van der Waals surface area contributed by atoms with E-state index in [1.807, 2.05) is 6.07 Å². The second kappa shape index (κ2) is 6.80. The zero-order valence-electron chi connectivity index (χ0n) is 13.9. The second-order valence-corrected chi connectivity index (χ2v) is 6.91. The number of methoxy groups -OCH3 is 1. The fourth-order valence-electron chi connectivity index (χ4n) is 3.25. The van der Waals surface area contributed by atoms with Crippen LogP contribution in [0, 0.1) is 12.8 Å². The van der Waals surface area contributed by atoms with E-state index in [4.69, 9.17) is 4.74 Å². The second-order valence-electron chi connectivity index (χ2n) is 6.91. The Bertz CT molecular complexity index is 462. The minimum Gasteiger partial charge on any atom is -0.496 e. The molecule has 118 valence electrons. The molecule has 0 radical (unpaired) electrons. The van der Waals surface area contributed by atoms with Gasteiger partial charge in [0.15, 0.2) is 0 Å². The summed E-state index contributed by atoms with van der Waals surface area (Å²) in [5.74, 6) is 1.58.